The number of piperazine rings is 1. The average Bonchev–Trinajstić information content (AvgIpc) is 3.30. The number of carbonyl (C=O) groups is 1. The summed E-state index contributed by atoms with van der Waals surface area (Å²) in [7, 11) is -3.43. The molecule has 1 saturated heterocycles. The van der Waals surface area contributed by atoms with Gasteiger partial charge in [-0.3, -0.25) is 4.79 Å². The van der Waals surface area contributed by atoms with Crippen LogP contribution in [0, 0.1) is 11.8 Å². The van der Waals surface area contributed by atoms with Gasteiger partial charge in [0.15, 0.2) is 0 Å². The van der Waals surface area contributed by atoms with Crippen molar-refractivity contribution >= 4 is 22.0 Å². The van der Waals surface area contributed by atoms with Crippen molar-refractivity contribution in [2.24, 2.45) is 11.8 Å². The molecule has 1 aromatic carbocycles. The van der Waals surface area contributed by atoms with Crippen LogP contribution in [0.3, 0.4) is 0 Å². The lowest BCUT2D eigenvalue weighted by atomic mass is 10.2. The summed E-state index contributed by atoms with van der Waals surface area (Å²) < 4.78 is 26.2. The molecule has 1 heterocycles. The molecule has 0 spiro atoms. The summed E-state index contributed by atoms with van der Waals surface area (Å²) in [6.07, 6.45) is 2.58. The third-order valence-corrected chi connectivity index (χ3v) is 6.13. The van der Waals surface area contributed by atoms with Crippen LogP contribution in [-0.4, -0.2) is 49.7 Å². The lowest BCUT2D eigenvalue weighted by molar-refractivity contribution is -0.134. The number of hydrogen-bond donors (Lipinski definition) is 0. The van der Waals surface area contributed by atoms with E-state index < -0.39 is 10.0 Å². The van der Waals surface area contributed by atoms with E-state index in [1.165, 1.54) is 9.71 Å². The van der Waals surface area contributed by atoms with Crippen LogP contribution < -0.4 is 0 Å². The first kappa shape index (κ1) is 16.2. The van der Waals surface area contributed by atoms with Gasteiger partial charge in [0.25, 0.3) is 0 Å². The van der Waals surface area contributed by atoms with E-state index in [1.807, 2.05) is 30.3 Å². The molecule has 0 aromatic heterocycles. The number of nitrogens with zero attached hydrogens (tertiary/aromatic N) is 2. The fourth-order valence-electron chi connectivity index (χ4n) is 2.88. The number of carbonyl (C=O) groups excluding carboxylic acids is 1. The highest BCUT2D eigenvalue weighted by molar-refractivity contribution is 7.92. The van der Waals surface area contributed by atoms with Crippen LogP contribution in [0.1, 0.15) is 18.9 Å². The third-order valence-electron chi connectivity index (χ3n) is 4.57. The predicted octanol–water partition coefficient (Wildman–Crippen LogP) is 1.79. The van der Waals surface area contributed by atoms with E-state index in [9.17, 15) is 13.2 Å². The molecule has 0 N–H and O–H groups in total. The molecule has 5 nitrogen and oxygen atoms in total. The van der Waals surface area contributed by atoms with E-state index in [-0.39, 0.29) is 11.8 Å². The van der Waals surface area contributed by atoms with Gasteiger partial charge in [-0.1, -0.05) is 37.3 Å². The lowest BCUT2D eigenvalue weighted by Gasteiger charge is -2.33. The number of hydrogen-bond acceptors (Lipinski definition) is 3. The van der Waals surface area contributed by atoms with Crippen LogP contribution in [0.25, 0.3) is 6.08 Å². The van der Waals surface area contributed by atoms with Crippen molar-refractivity contribution in [2.45, 2.75) is 13.3 Å². The second-order valence-corrected chi connectivity index (χ2v) is 8.12. The summed E-state index contributed by atoms with van der Waals surface area (Å²) in [6, 6.07) is 9.35. The van der Waals surface area contributed by atoms with Crippen molar-refractivity contribution in [1.82, 2.24) is 9.21 Å². The molecule has 0 radical (unpaired) electrons. The van der Waals surface area contributed by atoms with Crippen LogP contribution in [0.2, 0.25) is 0 Å². The van der Waals surface area contributed by atoms with E-state index in [1.54, 1.807) is 11.0 Å². The molecule has 23 heavy (non-hydrogen) atoms. The Labute approximate surface area is 137 Å². The van der Waals surface area contributed by atoms with E-state index in [4.69, 9.17) is 0 Å². The molecule has 1 aromatic rings. The Morgan fingerprint density at radius 3 is 2.30 bits per heavy atom. The van der Waals surface area contributed by atoms with Gasteiger partial charge in [-0.15, -0.1) is 0 Å². The highest BCUT2D eigenvalue weighted by atomic mass is 32.2. The molecule has 1 saturated carbocycles. The molecule has 1 aliphatic carbocycles. The van der Waals surface area contributed by atoms with E-state index in [0.717, 1.165) is 12.0 Å². The zero-order valence-corrected chi connectivity index (χ0v) is 14.1. The summed E-state index contributed by atoms with van der Waals surface area (Å²) in [5, 5.41) is 1.25. The molecule has 1 amide bonds. The molecular formula is C17H22N2O3S. The van der Waals surface area contributed by atoms with Crippen molar-refractivity contribution in [2.75, 3.05) is 26.2 Å². The molecule has 3 rings (SSSR count). The molecule has 0 unspecified atom stereocenters. The highest BCUT2D eigenvalue weighted by Crippen LogP contribution is 2.39. The van der Waals surface area contributed by atoms with E-state index >= 15 is 0 Å². The minimum Gasteiger partial charge on any atom is -0.340 e. The quantitative estimate of drug-likeness (QED) is 0.843. The number of amides is 1. The third kappa shape index (κ3) is 3.82. The second kappa shape index (κ2) is 6.45. The fourth-order valence-corrected chi connectivity index (χ4v) is 4.05. The maximum absolute atomic E-state index is 12.4. The first-order chi connectivity index (χ1) is 11.0. The average molecular weight is 334 g/mol. The van der Waals surface area contributed by atoms with Gasteiger partial charge in [-0.05, 0) is 24.0 Å². The van der Waals surface area contributed by atoms with Gasteiger partial charge in [0.2, 0.25) is 15.9 Å². The molecule has 2 fully saturated rings. The first-order valence-electron chi connectivity index (χ1n) is 7.99. The summed E-state index contributed by atoms with van der Waals surface area (Å²) in [6.45, 7) is 3.79. The summed E-state index contributed by atoms with van der Waals surface area (Å²) in [5.41, 5.74) is 0.854. The van der Waals surface area contributed by atoms with Crippen molar-refractivity contribution in [3.8, 4) is 0 Å². The van der Waals surface area contributed by atoms with Gasteiger partial charge in [-0.25, -0.2) is 8.42 Å². The first-order valence-corrected chi connectivity index (χ1v) is 9.50. The topological polar surface area (TPSA) is 57.7 Å². The molecule has 1 aliphatic heterocycles. The highest BCUT2D eigenvalue weighted by Gasteiger charge is 2.42. The maximum Gasteiger partial charge on any atom is 0.236 e. The Hall–Kier alpha value is -1.66. The zero-order valence-electron chi connectivity index (χ0n) is 13.3. The monoisotopic (exact) mass is 334 g/mol. The number of rotatable bonds is 4. The molecule has 0 bridgehead atoms. The van der Waals surface area contributed by atoms with Gasteiger partial charge >= 0.3 is 0 Å². The maximum atomic E-state index is 12.4. The number of sulfonamides is 1. The predicted molar refractivity (Wildman–Crippen MR) is 89.8 cm³/mol. The molecule has 2 aliphatic rings. The van der Waals surface area contributed by atoms with Crippen molar-refractivity contribution in [3.63, 3.8) is 0 Å². The summed E-state index contributed by atoms with van der Waals surface area (Å²) in [5.74, 6) is 0.837. The van der Waals surface area contributed by atoms with Gasteiger partial charge in [0, 0.05) is 37.5 Å². The molecular weight excluding hydrogens is 312 g/mol. The minimum absolute atomic E-state index is 0.163. The fraction of sp³-hybridized carbons (Fsp3) is 0.471. The largest absolute Gasteiger partial charge is 0.340 e. The molecule has 124 valence electrons. The van der Waals surface area contributed by atoms with E-state index in [2.05, 4.69) is 6.92 Å². The Kier molecular flexibility index (Phi) is 4.55. The van der Waals surface area contributed by atoms with E-state index in [0.29, 0.717) is 32.1 Å². The van der Waals surface area contributed by atoms with Crippen LogP contribution in [0.5, 0.6) is 0 Å². The summed E-state index contributed by atoms with van der Waals surface area (Å²) >= 11 is 0. The minimum atomic E-state index is -3.43. The van der Waals surface area contributed by atoms with Crippen molar-refractivity contribution in [3.05, 3.63) is 41.3 Å². The Balaban J connectivity index is 1.58. The number of benzene rings is 1. The zero-order chi connectivity index (χ0) is 16.4. The smallest absolute Gasteiger partial charge is 0.236 e. The van der Waals surface area contributed by atoms with Gasteiger partial charge in [0.1, 0.15) is 0 Å². The molecule has 6 heteroatoms. The van der Waals surface area contributed by atoms with Crippen LogP contribution in [-0.2, 0) is 14.8 Å². The van der Waals surface area contributed by atoms with Gasteiger partial charge in [-0.2, -0.15) is 4.31 Å². The Morgan fingerprint density at radius 2 is 1.74 bits per heavy atom. The Bertz CT molecular complexity index is 692. The van der Waals surface area contributed by atoms with Crippen LogP contribution >= 0.6 is 0 Å². The van der Waals surface area contributed by atoms with Crippen LogP contribution in [0.4, 0.5) is 0 Å². The normalized spacial score (nSPS) is 25.7. The van der Waals surface area contributed by atoms with Crippen molar-refractivity contribution < 1.29 is 13.2 Å². The summed E-state index contributed by atoms with van der Waals surface area (Å²) in [4.78, 5) is 14.0. The standard InChI is InChI=1S/C17H22N2O3S/c1-14-13-16(14)17(20)18-8-10-19(11-9-18)23(21,22)12-7-15-5-3-2-4-6-15/h2-7,12,14,16H,8-11,13H2,1H3/b12-7+/t14-,16+/m0/s1. The van der Waals surface area contributed by atoms with Crippen LogP contribution in [0.15, 0.2) is 35.7 Å². The second-order valence-electron chi connectivity index (χ2n) is 6.30. The van der Waals surface area contributed by atoms with Gasteiger partial charge in [0.05, 0.1) is 0 Å². The Morgan fingerprint density at radius 1 is 1.13 bits per heavy atom. The van der Waals surface area contributed by atoms with Gasteiger partial charge < -0.3 is 4.90 Å². The SMILES string of the molecule is C[C@H]1C[C@H]1C(=O)N1CCN(S(=O)(=O)/C=C/c2ccccc2)CC1. The van der Waals surface area contributed by atoms with Crippen molar-refractivity contribution in [1.29, 1.82) is 0 Å². The molecule has 2 atom stereocenters. The lowest BCUT2D eigenvalue weighted by Crippen LogP contribution is -2.50.